The molecule has 0 unspecified atom stereocenters. The molecule has 3 rings (SSSR count). The summed E-state index contributed by atoms with van der Waals surface area (Å²) >= 11 is 0. The molecule has 0 aromatic heterocycles. The highest BCUT2D eigenvalue weighted by Gasteiger charge is 2.21. The number of halogens is 1. The van der Waals surface area contributed by atoms with Crippen molar-refractivity contribution in [3.05, 3.63) is 88.7 Å². The molecule has 1 N–H and O–H groups in total. The fourth-order valence-electron chi connectivity index (χ4n) is 3.96. The van der Waals surface area contributed by atoms with Gasteiger partial charge >= 0.3 is 5.97 Å². The van der Waals surface area contributed by atoms with Crippen LogP contribution < -0.4 is 14.2 Å². The summed E-state index contributed by atoms with van der Waals surface area (Å²) in [7, 11) is 3.05. The highest BCUT2D eigenvalue weighted by Crippen LogP contribution is 2.32. The summed E-state index contributed by atoms with van der Waals surface area (Å²) in [4.78, 5) is 26.7. The van der Waals surface area contributed by atoms with Crippen LogP contribution in [0.4, 0.5) is 4.39 Å². The molecule has 0 aliphatic carbocycles. The van der Waals surface area contributed by atoms with E-state index in [9.17, 15) is 19.1 Å². The lowest BCUT2D eigenvalue weighted by Crippen LogP contribution is -2.36. The highest BCUT2D eigenvalue weighted by atomic mass is 19.1. The van der Waals surface area contributed by atoms with Crippen molar-refractivity contribution in [1.29, 1.82) is 0 Å². The summed E-state index contributed by atoms with van der Waals surface area (Å²) in [6.07, 6.45) is 0.286. The van der Waals surface area contributed by atoms with Crippen LogP contribution in [-0.2, 0) is 17.8 Å². The molecule has 0 radical (unpaired) electrons. The van der Waals surface area contributed by atoms with Gasteiger partial charge in [0.1, 0.15) is 17.1 Å². The number of ether oxygens (including phenoxy) is 3. The van der Waals surface area contributed by atoms with Gasteiger partial charge in [0.05, 0.1) is 14.2 Å². The average molecular weight is 510 g/mol. The number of methoxy groups -OCH3 is 2. The maximum absolute atomic E-state index is 14.2. The predicted molar refractivity (Wildman–Crippen MR) is 138 cm³/mol. The van der Waals surface area contributed by atoms with Crippen LogP contribution in [0.5, 0.6) is 17.2 Å². The van der Waals surface area contributed by atoms with Crippen LogP contribution in [0.1, 0.15) is 46.8 Å². The van der Waals surface area contributed by atoms with Crippen LogP contribution in [-0.4, -0.2) is 49.3 Å². The molecule has 8 heteroatoms. The van der Waals surface area contributed by atoms with Crippen molar-refractivity contribution in [2.75, 3.05) is 27.4 Å². The Morgan fingerprint density at radius 3 is 2.32 bits per heavy atom. The van der Waals surface area contributed by atoms with Crippen LogP contribution >= 0.6 is 0 Å². The van der Waals surface area contributed by atoms with Gasteiger partial charge in [-0.3, -0.25) is 4.79 Å². The zero-order valence-electron chi connectivity index (χ0n) is 21.5. The molecular formula is C29H32FNO6. The molecule has 3 aromatic rings. The van der Waals surface area contributed by atoms with Crippen LogP contribution in [0, 0.1) is 5.82 Å². The number of para-hydroxylation sites is 1. The van der Waals surface area contributed by atoms with Gasteiger partial charge in [0, 0.05) is 18.7 Å². The highest BCUT2D eigenvalue weighted by molar-refractivity contribution is 5.91. The monoisotopic (exact) mass is 509 g/mol. The van der Waals surface area contributed by atoms with E-state index in [2.05, 4.69) is 0 Å². The molecule has 0 bridgehead atoms. The zero-order valence-corrected chi connectivity index (χ0v) is 21.5. The van der Waals surface area contributed by atoms with Gasteiger partial charge in [-0.05, 0) is 47.7 Å². The number of amides is 1. The smallest absolute Gasteiger partial charge is 0.339 e. The Morgan fingerprint density at radius 2 is 1.68 bits per heavy atom. The van der Waals surface area contributed by atoms with Crippen LogP contribution in [0.15, 0.2) is 60.7 Å². The van der Waals surface area contributed by atoms with E-state index in [1.54, 1.807) is 48.5 Å². The Morgan fingerprint density at radius 1 is 0.946 bits per heavy atom. The minimum absolute atomic E-state index is 0.00799. The number of hydrogen-bond acceptors (Lipinski definition) is 5. The van der Waals surface area contributed by atoms with E-state index >= 15 is 0 Å². The second-order valence-electron chi connectivity index (χ2n) is 8.81. The molecule has 0 atom stereocenters. The van der Waals surface area contributed by atoms with E-state index in [4.69, 9.17) is 14.2 Å². The number of carboxylic acid groups (broad SMARTS) is 1. The molecule has 0 aliphatic rings. The largest absolute Gasteiger partial charge is 0.493 e. The van der Waals surface area contributed by atoms with Crippen molar-refractivity contribution in [3.63, 3.8) is 0 Å². The molecule has 0 heterocycles. The predicted octanol–water partition coefficient (Wildman–Crippen LogP) is 5.31. The molecule has 0 aliphatic heterocycles. The fraction of sp³-hybridized carbons (Fsp3) is 0.310. The first-order chi connectivity index (χ1) is 17.7. The molecule has 1 amide bonds. The van der Waals surface area contributed by atoms with E-state index in [1.807, 2.05) is 19.9 Å². The van der Waals surface area contributed by atoms with Crippen molar-refractivity contribution < 1.29 is 33.3 Å². The maximum atomic E-state index is 14.2. The third-order valence-corrected chi connectivity index (χ3v) is 6.06. The van der Waals surface area contributed by atoms with Crippen molar-refractivity contribution >= 4 is 11.9 Å². The lowest BCUT2D eigenvalue weighted by molar-refractivity contribution is -0.134. The van der Waals surface area contributed by atoms with Crippen LogP contribution in [0.25, 0.3) is 0 Å². The number of carbonyl (C=O) groups excluding carboxylic acids is 1. The maximum Gasteiger partial charge on any atom is 0.339 e. The van der Waals surface area contributed by atoms with Crippen LogP contribution in [0.3, 0.4) is 0 Å². The number of aromatic carboxylic acids is 1. The Kier molecular flexibility index (Phi) is 9.49. The Labute approximate surface area is 216 Å². The van der Waals surface area contributed by atoms with Gasteiger partial charge in [-0.1, -0.05) is 50.2 Å². The Hall–Kier alpha value is -4.07. The zero-order chi connectivity index (χ0) is 26.9. The number of benzene rings is 3. The van der Waals surface area contributed by atoms with E-state index < -0.39 is 5.97 Å². The first kappa shape index (κ1) is 27.5. The third-order valence-electron chi connectivity index (χ3n) is 6.06. The Bertz CT molecular complexity index is 1240. The first-order valence-electron chi connectivity index (χ1n) is 12.0. The van der Waals surface area contributed by atoms with E-state index in [0.717, 1.165) is 5.56 Å². The van der Waals surface area contributed by atoms with Gasteiger partial charge in [0.2, 0.25) is 0 Å². The van der Waals surface area contributed by atoms with E-state index in [1.165, 1.54) is 25.2 Å². The quantitative estimate of drug-likeness (QED) is 0.356. The van der Waals surface area contributed by atoms with E-state index in [-0.39, 0.29) is 55.1 Å². The summed E-state index contributed by atoms with van der Waals surface area (Å²) in [5.74, 6) is -0.602. The SMILES string of the molecule is COc1cccc(CN(CCc2ccccc2F)C(=O)COc2ccc(C(C)C)cc2C(=O)O)c1OC. The number of carboxylic acids is 1. The topological polar surface area (TPSA) is 85.3 Å². The Balaban J connectivity index is 1.84. The number of carbonyl (C=O) groups is 2. The van der Waals surface area contributed by atoms with Gasteiger partial charge in [0.25, 0.3) is 5.91 Å². The van der Waals surface area contributed by atoms with Gasteiger partial charge in [-0.2, -0.15) is 0 Å². The van der Waals surface area contributed by atoms with Crippen molar-refractivity contribution in [3.8, 4) is 17.2 Å². The van der Waals surface area contributed by atoms with Crippen molar-refractivity contribution in [2.45, 2.75) is 32.7 Å². The van der Waals surface area contributed by atoms with Crippen LogP contribution in [0.2, 0.25) is 0 Å². The molecule has 0 saturated carbocycles. The minimum atomic E-state index is -1.14. The molecule has 3 aromatic carbocycles. The summed E-state index contributed by atoms with van der Waals surface area (Å²) in [5.41, 5.74) is 2.03. The standard InChI is InChI=1S/C29H32FNO6/c1-19(2)21-12-13-25(23(16-21)29(33)34)37-18-27(32)31(15-14-20-8-5-6-10-24(20)30)17-22-9-7-11-26(35-3)28(22)36-4/h5-13,16,19H,14-15,17-18H2,1-4H3,(H,33,34). The fourth-order valence-corrected chi connectivity index (χ4v) is 3.96. The van der Waals surface area contributed by atoms with Gasteiger partial charge < -0.3 is 24.2 Å². The molecule has 0 spiro atoms. The molecule has 37 heavy (non-hydrogen) atoms. The van der Waals surface area contributed by atoms with E-state index in [0.29, 0.717) is 22.6 Å². The van der Waals surface area contributed by atoms with Gasteiger partial charge in [0.15, 0.2) is 18.1 Å². The second kappa shape index (κ2) is 12.8. The summed E-state index contributed by atoms with van der Waals surface area (Å²) in [6, 6.07) is 16.7. The van der Waals surface area contributed by atoms with Crippen molar-refractivity contribution in [2.24, 2.45) is 0 Å². The first-order valence-corrected chi connectivity index (χ1v) is 12.0. The van der Waals surface area contributed by atoms with Gasteiger partial charge in [-0.15, -0.1) is 0 Å². The summed E-state index contributed by atoms with van der Waals surface area (Å²) in [6.45, 7) is 3.91. The third kappa shape index (κ3) is 7.00. The lowest BCUT2D eigenvalue weighted by Gasteiger charge is -2.25. The lowest BCUT2D eigenvalue weighted by atomic mass is 10.0. The minimum Gasteiger partial charge on any atom is -0.493 e. The normalized spacial score (nSPS) is 10.8. The molecule has 7 nitrogen and oxygen atoms in total. The number of hydrogen-bond donors (Lipinski definition) is 1. The second-order valence-corrected chi connectivity index (χ2v) is 8.81. The molecule has 0 fully saturated rings. The van der Waals surface area contributed by atoms with Crippen molar-refractivity contribution in [1.82, 2.24) is 4.90 Å². The average Bonchev–Trinajstić information content (AvgIpc) is 2.89. The number of rotatable bonds is 12. The number of nitrogens with zero attached hydrogens (tertiary/aromatic N) is 1. The summed E-state index contributed by atoms with van der Waals surface area (Å²) < 4.78 is 30.8. The molecule has 0 saturated heterocycles. The molecule has 196 valence electrons. The molecular weight excluding hydrogens is 477 g/mol. The van der Waals surface area contributed by atoms with Gasteiger partial charge in [-0.25, -0.2) is 9.18 Å². The summed E-state index contributed by atoms with van der Waals surface area (Å²) in [5, 5.41) is 9.65.